The van der Waals surface area contributed by atoms with E-state index in [9.17, 15) is 0 Å². The molecule has 3 rings (SSSR count). The zero-order chi connectivity index (χ0) is 15.0. The van der Waals surface area contributed by atoms with E-state index in [-0.39, 0.29) is 0 Å². The molecule has 0 spiro atoms. The van der Waals surface area contributed by atoms with Crippen LogP contribution in [0.2, 0.25) is 0 Å². The highest BCUT2D eigenvalue weighted by Gasteiger charge is 2.16. The first-order valence-electron chi connectivity index (χ1n) is 7.59. The van der Waals surface area contributed by atoms with Crippen LogP contribution in [-0.4, -0.2) is 9.55 Å². The Morgan fingerprint density at radius 1 is 1.05 bits per heavy atom. The van der Waals surface area contributed by atoms with Crippen LogP contribution in [0, 0.1) is 19.8 Å². The van der Waals surface area contributed by atoms with Crippen molar-refractivity contribution in [3.05, 3.63) is 53.9 Å². The number of hydrogen-bond donors (Lipinski definition) is 0. The Labute approximate surface area is 126 Å². The predicted molar refractivity (Wildman–Crippen MR) is 89.5 cm³/mol. The summed E-state index contributed by atoms with van der Waals surface area (Å²) in [6, 6.07) is 12.6. The average Bonchev–Trinajstić information content (AvgIpc) is 2.73. The van der Waals surface area contributed by atoms with Gasteiger partial charge in [-0.3, -0.25) is 4.98 Å². The SMILES string of the molecule is Cc1c(C)n(CC(C)C)c2c(-c3ccccc3)nccc12. The van der Waals surface area contributed by atoms with E-state index in [1.54, 1.807) is 0 Å². The molecule has 0 radical (unpaired) electrons. The molecule has 108 valence electrons. The van der Waals surface area contributed by atoms with Gasteiger partial charge in [-0.1, -0.05) is 44.2 Å². The topological polar surface area (TPSA) is 17.8 Å². The molecular formula is C19H22N2. The van der Waals surface area contributed by atoms with Gasteiger partial charge in [0.05, 0.1) is 11.2 Å². The molecule has 3 aromatic rings. The molecule has 0 amide bonds. The Balaban J connectivity index is 2.34. The smallest absolute Gasteiger partial charge is 0.0944 e. The van der Waals surface area contributed by atoms with Gasteiger partial charge in [0.1, 0.15) is 0 Å². The largest absolute Gasteiger partial charge is 0.343 e. The second-order valence-electron chi connectivity index (χ2n) is 6.14. The van der Waals surface area contributed by atoms with Crippen LogP contribution in [0.4, 0.5) is 0 Å². The molecule has 0 bridgehead atoms. The summed E-state index contributed by atoms with van der Waals surface area (Å²) in [7, 11) is 0. The number of aromatic nitrogens is 2. The van der Waals surface area contributed by atoms with E-state index in [1.165, 1.54) is 27.7 Å². The number of benzene rings is 1. The van der Waals surface area contributed by atoms with E-state index >= 15 is 0 Å². The third-order valence-electron chi connectivity index (χ3n) is 4.14. The molecule has 0 saturated carbocycles. The molecule has 0 fully saturated rings. The number of aryl methyl sites for hydroxylation is 1. The highest BCUT2D eigenvalue weighted by molar-refractivity contribution is 5.95. The van der Waals surface area contributed by atoms with Gasteiger partial charge in [0, 0.05) is 29.4 Å². The second kappa shape index (κ2) is 5.36. The van der Waals surface area contributed by atoms with Crippen molar-refractivity contribution in [2.75, 3.05) is 0 Å². The Morgan fingerprint density at radius 3 is 2.43 bits per heavy atom. The molecule has 2 heteroatoms. The van der Waals surface area contributed by atoms with Gasteiger partial charge in [-0.25, -0.2) is 0 Å². The van der Waals surface area contributed by atoms with Crippen LogP contribution in [0.15, 0.2) is 42.6 Å². The fourth-order valence-corrected chi connectivity index (χ4v) is 3.00. The van der Waals surface area contributed by atoms with E-state index in [2.05, 4.69) is 67.6 Å². The minimum Gasteiger partial charge on any atom is -0.343 e. The third kappa shape index (κ3) is 2.35. The van der Waals surface area contributed by atoms with Crippen molar-refractivity contribution < 1.29 is 0 Å². The van der Waals surface area contributed by atoms with Gasteiger partial charge in [-0.15, -0.1) is 0 Å². The molecule has 0 atom stereocenters. The summed E-state index contributed by atoms with van der Waals surface area (Å²) >= 11 is 0. The van der Waals surface area contributed by atoms with Crippen molar-refractivity contribution in [3.8, 4) is 11.3 Å². The Kier molecular flexibility index (Phi) is 3.54. The molecular weight excluding hydrogens is 256 g/mol. The molecule has 0 aliphatic heterocycles. The average molecular weight is 278 g/mol. The molecule has 21 heavy (non-hydrogen) atoms. The normalized spacial score (nSPS) is 11.5. The molecule has 0 aliphatic carbocycles. The zero-order valence-electron chi connectivity index (χ0n) is 13.2. The first kappa shape index (κ1) is 13.9. The lowest BCUT2D eigenvalue weighted by Crippen LogP contribution is -2.07. The highest BCUT2D eigenvalue weighted by atomic mass is 15.0. The molecule has 0 N–H and O–H groups in total. The third-order valence-corrected chi connectivity index (χ3v) is 4.14. The van der Waals surface area contributed by atoms with E-state index in [0.29, 0.717) is 5.92 Å². The number of fused-ring (bicyclic) bond motifs is 1. The van der Waals surface area contributed by atoms with Crippen molar-refractivity contribution >= 4 is 10.9 Å². The van der Waals surface area contributed by atoms with Crippen LogP contribution < -0.4 is 0 Å². The van der Waals surface area contributed by atoms with E-state index in [4.69, 9.17) is 0 Å². The fourth-order valence-electron chi connectivity index (χ4n) is 3.00. The lowest BCUT2D eigenvalue weighted by Gasteiger charge is -2.13. The quantitative estimate of drug-likeness (QED) is 0.661. The van der Waals surface area contributed by atoms with E-state index in [1.807, 2.05) is 12.3 Å². The van der Waals surface area contributed by atoms with Gasteiger partial charge in [-0.05, 0) is 31.4 Å². The van der Waals surface area contributed by atoms with Gasteiger partial charge in [0.2, 0.25) is 0 Å². The number of pyridine rings is 1. The second-order valence-corrected chi connectivity index (χ2v) is 6.14. The lowest BCUT2D eigenvalue weighted by atomic mass is 10.1. The van der Waals surface area contributed by atoms with Crippen molar-refractivity contribution in [1.29, 1.82) is 0 Å². The maximum atomic E-state index is 4.68. The maximum absolute atomic E-state index is 4.68. The minimum absolute atomic E-state index is 0.613. The molecule has 2 nitrogen and oxygen atoms in total. The van der Waals surface area contributed by atoms with Gasteiger partial charge >= 0.3 is 0 Å². The van der Waals surface area contributed by atoms with Gasteiger partial charge < -0.3 is 4.57 Å². The van der Waals surface area contributed by atoms with Crippen LogP contribution in [-0.2, 0) is 6.54 Å². The first-order chi connectivity index (χ1) is 10.1. The molecule has 2 heterocycles. The standard InChI is InChI=1S/C19H22N2/c1-13(2)12-21-15(4)14(3)17-10-11-20-18(19(17)21)16-8-6-5-7-9-16/h5-11,13H,12H2,1-4H3. The molecule has 1 aromatic carbocycles. The predicted octanol–water partition coefficient (Wildman–Crippen LogP) is 4.98. The van der Waals surface area contributed by atoms with E-state index < -0.39 is 0 Å². The summed E-state index contributed by atoms with van der Waals surface area (Å²) in [5.41, 5.74) is 6.26. The molecule has 0 aliphatic rings. The number of nitrogens with zero attached hydrogens (tertiary/aromatic N) is 2. The zero-order valence-corrected chi connectivity index (χ0v) is 13.2. The highest BCUT2D eigenvalue weighted by Crippen LogP contribution is 2.32. The Hall–Kier alpha value is -2.09. The summed E-state index contributed by atoms with van der Waals surface area (Å²) in [5, 5.41) is 1.32. The summed E-state index contributed by atoms with van der Waals surface area (Å²) in [5.74, 6) is 0.613. The summed E-state index contributed by atoms with van der Waals surface area (Å²) < 4.78 is 2.44. The van der Waals surface area contributed by atoms with Crippen molar-refractivity contribution in [2.24, 2.45) is 5.92 Å². The van der Waals surface area contributed by atoms with Crippen LogP contribution in [0.3, 0.4) is 0 Å². The monoisotopic (exact) mass is 278 g/mol. The Bertz CT molecular complexity index is 767. The van der Waals surface area contributed by atoms with Crippen molar-refractivity contribution in [3.63, 3.8) is 0 Å². The first-order valence-corrected chi connectivity index (χ1v) is 7.59. The molecule has 2 aromatic heterocycles. The van der Waals surface area contributed by atoms with Crippen LogP contribution in [0.5, 0.6) is 0 Å². The van der Waals surface area contributed by atoms with E-state index in [0.717, 1.165) is 12.2 Å². The Morgan fingerprint density at radius 2 is 1.76 bits per heavy atom. The minimum atomic E-state index is 0.613. The van der Waals surface area contributed by atoms with Gasteiger partial charge in [0.15, 0.2) is 0 Å². The van der Waals surface area contributed by atoms with Crippen molar-refractivity contribution in [2.45, 2.75) is 34.2 Å². The van der Waals surface area contributed by atoms with Gasteiger partial charge in [0.25, 0.3) is 0 Å². The summed E-state index contributed by atoms with van der Waals surface area (Å²) in [6.07, 6.45) is 1.93. The van der Waals surface area contributed by atoms with Crippen molar-refractivity contribution in [1.82, 2.24) is 9.55 Å². The van der Waals surface area contributed by atoms with Crippen LogP contribution in [0.1, 0.15) is 25.1 Å². The maximum Gasteiger partial charge on any atom is 0.0944 e. The number of rotatable bonds is 3. The summed E-state index contributed by atoms with van der Waals surface area (Å²) in [6.45, 7) is 9.98. The fraction of sp³-hybridized carbons (Fsp3) is 0.316. The van der Waals surface area contributed by atoms with Gasteiger partial charge in [-0.2, -0.15) is 0 Å². The molecule has 0 saturated heterocycles. The number of hydrogen-bond acceptors (Lipinski definition) is 1. The lowest BCUT2D eigenvalue weighted by molar-refractivity contribution is 0.527. The molecule has 0 unspecified atom stereocenters. The van der Waals surface area contributed by atoms with Crippen LogP contribution >= 0.6 is 0 Å². The summed E-state index contributed by atoms with van der Waals surface area (Å²) in [4.78, 5) is 4.68. The van der Waals surface area contributed by atoms with Crippen LogP contribution in [0.25, 0.3) is 22.2 Å².